The molecule has 18 heteroatoms. The minimum atomic E-state index is 0.329. The number of rotatable bonds is 35. The topological polar surface area (TPSA) is 184 Å². The summed E-state index contributed by atoms with van der Waals surface area (Å²) in [4.78, 5) is 5.07. The van der Waals surface area contributed by atoms with E-state index in [9.17, 15) is 0 Å². The van der Waals surface area contributed by atoms with Crippen molar-refractivity contribution in [3.05, 3.63) is 22.3 Å². The molecule has 2 rings (SSSR count). The van der Waals surface area contributed by atoms with E-state index < -0.39 is 0 Å². The van der Waals surface area contributed by atoms with Gasteiger partial charge in [0, 0.05) is 50.4 Å². The first-order chi connectivity index (χ1) is 23.4. The van der Waals surface area contributed by atoms with E-state index in [2.05, 4.69) is 31.2 Å². The summed E-state index contributed by atoms with van der Waals surface area (Å²) in [6.07, 6.45) is 2.01. The molecule has 274 valence electrons. The molecule has 1 saturated heterocycles. The lowest BCUT2D eigenvalue weighted by atomic mass is 10.4. The Balaban J connectivity index is 1.18. The van der Waals surface area contributed by atoms with Crippen LogP contribution in [0.5, 0.6) is 0 Å². The molecule has 0 atom stereocenters. The fourth-order valence-corrected chi connectivity index (χ4v) is 4.07. The zero-order chi connectivity index (χ0) is 33.1. The van der Waals surface area contributed by atoms with Gasteiger partial charge in [0.05, 0.1) is 144 Å². The lowest BCUT2D eigenvalue weighted by molar-refractivity contribution is -0.0251. The van der Waals surface area contributed by atoms with E-state index in [1.54, 1.807) is 0 Å². The van der Waals surface area contributed by atoms with Crippen LogP contribution in [0.4, 0.5) is 0 Å². The van der Waals surface area contributed by atoms with E-state index in [4.69, 9.17) is 52.9 Å². The molecule has 0 saturated carbocycles. The molecule has 0 aliphatic carbocycles. The normalized spacial score (nSPS) is 15.1. The van der Waals surface area contributed by atoms with Crippen LogP contribution >= 0.6 is 0 Å². The number of hydrogen-bond donors (Lipinski definition) is 3. The highest BCUT2D eigenvalue weighted by atomic mass is 16.6. The molecule has 0 amide bonds. The first-order valence-corrected chi connectivity index (χ1v) is 16.6. The molecular formula is C29H58N8O10. The van der Waals surface area contributed by atoms with Crippen molar-refractivity contribution in [1.29, 1.82) is 0 Å². The molecule has 2 heterocycles. The van der Waals surface area contributed by atoms with E-state index in [0.717, 1.165) is 45.0 Å². The number of nitrogens with zero attached hydrogens (tertiary/aromatic N) is 5. The van der Waals surface area contributed by atoms with Crippen molar-refractivity contribution in [2.45, 2.75) is 0 Å². The van der Waals surface area contributed by atoms with Gasteiger partial charge in [0.25, 0.3) is 0 Å². The van der Waals surface area contributed by atoms with Gasteiger partial charge in [-0.1, -0.05) is 5.11 Å². The maximum atomic E-state index is 8.14. The summed E-state index contributed by atoms with van der Waals surface area (Å²) in [5.41, 5.74) is 15.4. The third-order valence-electron chi connectivity index (χ3n) is 6.54. The van der Waals surface area contributed by atoms with Gasteiger partial charge >= 0.3 is 0 Å². The summed E-state index contributed by atoms with van der Waals surface area (Å²) in [6, 6.07) is 0. The Morgan fingerprint density at radius 1 is 0.574 bits per heavy atom. The van der Waals surface area contributed by atoms with Crippen LogP contribution in [0.2, 0.25) is 0 Å². The molecule has 2 aliphatic heterocycles. The van der Waals surface area contributed by atoms with Crippen LogP contribution in [-0.2, 0) is 47.4 Å². The Kier molecular flexibility index (Phi) is 28.7. The lowest BCUT2D eigenvalue weighted by Gasteiger charge is -2.26. The number of azide groups is 1. The molecule has 3 N–H and O–H groups in total. The summed E-state index contributed by atoms with van der Waals surface area (Å²) in [5, 5.41) is 8.69. The smallest absolute Gasteiger partial charge is 0.0892 e. The first-order valence-electron chi connectivity index (χ1n) is 16.6. The number of hydrogen-bond acceptors (Lipinski definition) is 16. The lowest BCUT2D eigenvalue weighted by Crippen LogP contribution is -2.44. The first kappa shape index (κ1) is 41.3. The van der Waals surface area contributed by atoms with E-state index >= 15 is 0 Å². The Morgan fingerprint density at radius 2 is 1.00 bits per heavy atom. The molecule has 0 aromatic heterocycles. The van der Waals surface area contributed by atoms with Gasteiger partial charge < -0.3 is 58.1 Å². The average Bonchev–Trinajstić information content (AvgIpc) is 3.55. The summed E-state index contributed by atoms with van der Waals surface area (Å²) < 4.78 is 54.9. The molecule has 0 radical (unpaired) electrons. The van der Waals surface area contributed by atoms with Gasteiger partial charge in [-0.2, -0.15) is 0 Å². The maximum absolute atomic E-state index is 8.14. The highest BCUT2D eigenvalue weighted by Crippen LogP contribution is 2.01. The Labute approximate surface area is 279 Å². The van der Waals surface area contributed by atoms with Crippen LogP contribution in [0.1, 0.15) is 0 Å². The number of nitrogens with one attached hydrogen (secondary N) is 3. The van der Waals surface area contributed by atoms with Crippen molar-refractivity contribution >= 4 is 0 Å². The van der Waals surface area contributed by atoms with E-state index in [1.165, 1.54) is 0 Å². The Morgan fingerprint density at radius 3 is 1.47 bits per heavy atom. The molecule has 1 fully saturated rings. The average molecular weight is 679 g/mol. The monoisotopic (exact) mass is 678 g/mol. The fourth-order valence-electron chi connectivity index (χ4n) is 4.07. The second kappa shape index (κ2) is 32.7. The second-order valence-corrected chi connectivity index (χ2v) is 10.2. The van der Waals surface area contributed by atoms with E-state index in [0.29, 0.717) is 139 Å². The van der Waals surface area contributed by atoms with Crippen LogP contribution in [0, 0.1) is 0 Å². The predicted molar refractivity (Wildman–Crippen MR) is 173 cm³/mol. The minimum absolute atomic E-state index is 0.329. The van der Waals surface area contributed by atoms with Gasteiger partial charge in [-0.3, -0.25) is 9.91 Å². The third-order valence-corrected chi connectivity index (χ3v) is 6.54. The molecule has 0 aromatic carbocycles. The van der Waals surface area contributed by atoms with Crippen molar-refractivity contribution < 1.29 is 47.4 Å². The predicted octanol–water partition coefficient (Wildman–Crippen LogP) is -0.466. The molecular weight excluding hydrogens is 620 g/mol. The molecule has 47 heavy (non-hydrogen) atoms. The number of ether oxygens (including phenoxy) is 10. The van der Waals surface area contributed by atoms with Crippen molar-refractivity contribution in [2.75, 3.05) is 178 Å². The Bertz CT molecular complexity index is 779. The molecule has 0 bridgehead atoms. The van der Waals surface area contributed by atoms with Crippen molar-refractivity contribution in [3.8, 4) is 0 Å². The zero-order valence-electron chi connectivity index (χ0n) is 28.0. The van der Waals surface area contributed by atoms with Crippen LogP contribution in [0.25, 0.3) is 10.4 Å². The number of hydrazine groups is 2. The van der Waals surface area contributed by atoms with E-state index in [1.807, 2.05) is 11.2 Å². The second-order valence-electron chi connectivity index (χ2n) is 10.2. The summed E-state index contributed by atoms with van der Waals surface area (Å²) in [6.45, 7) is 16.6. The van der Waals surface area contributed by atoms with E-state index in [-0.39, 0.29) is 0 Å². The van der Waals surface area contributed by atoms with Gasteiger partial charge in [-0.25, -0.2) is 0 Å². The van der Waals surface area contributed by atoms with Crippen molar-refractivity contribution in [1.82, 2.24) is 26.2 Å². The van der Waals surface area contributed by atoms with Crippen LogP contribution in [0.15, 0.2) is 17.0 Å². The van der Waals surface area contributed by atoms with Gasteiger partial charge in [0.15, 0.2) is 0 Å². The molecule has 0 unspecified atom stereocenters. The fraction of sp³-hybridized carbons (Fsp3) is 0.931. The SMILES string of the molecule is [N-]=[N+]=NCCOCCOCCOCCOCCOCCOCCOCCOCCOCCN1C=C(COCCN2CCNCC2)NN1. The van der Waals surface area contributed by atoms with Gasteiger partial charge in [0.1, 0.15) is 0 Å². The summed E-state index contributed by atoms with van der Waals surface area (Å²) in [7, 11) is 0. The van der Waals surface area contributed by atoms with Crippen molar-refractivity contribution in [3.63, 3.8) is 0 Å². The van der Waals surface area contributed by atoms with Crippen molar-refractivity contribution in [2.24, 2.45) is 5.11 Å². The summed E-state index contributed by atoms with van der Waals surface area (Å²) >= 11 is 0. The standard InChI is InChI=1S/C29H58N8O10/c30-34-32-3-8-38-11-13-40-15-17-42-19-21-44-23-25-46-26-24-45-22-20-43-18-16-41-14-12-39-10-7-37-27-29(33-35-37)28-47-9-6-36-4-1-31-2-5-36/h27,31,33,35H,1-26,28H2. The highest BCUT2D eigenvalue weighted by Gasteiger charge is 2.12. The minimum Gasteiger partial charge on any atom is -0.379 e. The number of piperazine rings is 1. The van der Waals surface area contributed by atoms with Crippen LogP contribution < -0.4 is 16.3 Å². The third kappa shape index (κ3) is 26.7. The van der Waals surface area contributed by atoms with Gasteiger partial charge in [-0.05, 0) is 5.53 Å². The molecule has 2 aliphatic rings. The van der Waals surface area contributed by atoms with Crippen LogP contribution in [0.3, 0.4) is 0 Å². The zero-order valence-corrected chi connectivity index (χ0v) is 28.0. The van der Waals surface area contributed by atoms with Gasteiger partial charge in [0.2, 0.25) is 0 Å². The van der Waals surface area contributed by atoms with Gasteiger partial charge in [-0.15, -0.1) is 5.53 Å². The highest BCUT2D eigenvalue weighted by molar-refractivity contribution is 5.01. The molecule has 0 aromatic rings. The summed E-state index contributed by atoms with van der Waals surface area (Å²) in [5.74, 6) is 0. The quantitative estimate of drug-likeness (QED) is 0.0338. The molecule has 18 nitrogen and oxygen atoms in total. The Hall–Kier alpha value is -1.87. The molecule has 0 spiro atoms. The largest absolute Gasteiger partial charge is 0.379 e. The van der Waals surface area contributed by atoms with Crippen LogP contribution in [-0.4, -0.2) is 188 Å². The maximum Gasteiger partial charge on any atom is 0.0892 e.